The number of morpholine rings is 1. The normalized spacial score (nSPS) is 21.3. The molecular weight excluding hydrogens is 303 g/mol. The summed E-state index contributed by atoms with van der Waals surface area (Å²) < 4.78 is 5.77. The average Bonchev–Trinajstić information content (AvgIpc) is 3.00. The van der Waals surface area contributed by atoms with Gasteiger partial charge in [0.05, 0.1) is 24.3 Å². The van der Waals surface area contributed by atoms with Crippen LogP contribution >= 0.6 is 11.3 Å². The van der Waals surface area contributed by atoms with Crippen molar-refractivity contribution in [3.8, 4) is 0 Å². The van der Waals surface area contributed by atoms with E-state index in [-0.39, 0.29) is 5.91 Å². The molecule has 0 aromatic carbocycles. The molecule has 1 amide bonds. The van der Waals surface area contributed by atoms with E-state index in [4.69, 9.17) is 4.74 Å². The second-order valence-corrected chi connectivity index (χ2v) is 7.32. The van der Waals surface area contributed by atoms with Crippen LogP contribution < -0.4 is 4.78 Å². The van der Waals surface area contributed by atoms with E-state index in [0.717, 1.165) is 37.7 Å². The van der Waals surface area contributed by atoms with E-state index in [1.165, 1.54) is 11.3 Å². The molecule has 8 heteroatoms. The summed E-state index contributed by atoms with van der Waals surface area (Å²) in [6, 6.07) is 1.61. The Labute approximate surface area is 134 Å². The summed E-state index contributed by atoms with van der Waals surface area (Å²) in [4.78, 5) is 17.8. The Morgan fingerprint density at radius 2 is 2.00 bits per heavy atom. The molecule has 1 aromatic heterocycles. The van der Waals surface area contributed by atoms with Crippen molar-refractivity contribution in [3.05, 3.63) is 16.5 Å². The van der Waals surface area contributed by atoms with Gasteiger partial charge in [0.2, 0.25) is 0 Å². The fourth-order valence-corrected chi connectivity index (χ4v) is 4.25. The lowest BCUT2D eigenvalue weighted by Gasteiger charge is -2.35. The summed E-state index contributed by atoms with van der Waals surface area (Å²) in [5.74, 6) is -0.0172. The van der Waals surface area contributed by atoms with E-state index >= 15 is 0 Å². The Morgan fingerprint density at radius 1 is 1.32 bits per heavy atom. The lowest BCUT2D eigenvalue weighted by atomic mass is 9.89. The van der Waals surface area contributed by atoms with Gasteiger partial charge in [-0.1, -0.05) is 0 Å². The first-order chi connectivity index (χ1) is 10.4. The molecule has 2 aliphatic rings. The van der Waals surface area contributed by atoms with E-state index in [0.29, 0.717) is 16.9 Å². The van der Waals surface area contributed by atoms with Gasteiger partial charge in [0, 0.05) is 35.8 Å². The third-order valence-corrected chi connectivity index (χ3v) is 5.94. The zero-order valence-electron chi connectivity index (χ0n) is 12.9. The molecule has 120 valence electrons. The Hall–Kier alpha value is -0.925. The van der Waals surface area contributed by atoms with Crippen LogP contribution in [0.3, 0.4) is 0 Å². The van der Waals surface area contributed by atoms with Crippen LogP contribution in [-0.4, -0.2) is 72.3 Å². The summed E-state index contributed by atoms with van der Waals surface area (Å²) >= 11 is 1.31. The van der Waals surface area contributed by atoms with Crippen LogP contribution in [-0.2, 0) is 10.3 Å². The van der Waals surface area contributed by atoms with Gasteiger partial charge in [-0.25, -0.2) is 0 Å². The largest absolute Gasteiger partial charge is 0.499 e. The minimum absolute atomic E-state index is 0.0172. The van der Waals surface area contributed by atoms with E-state index in [1.54, 1.807) is 6.07 Å². The molecule has 0 radical (unpaired) electrons. The number of hydrogen-bond donors (Lipinski definition) is 2. The van der Waals surface area contributed by atoms with Crippen molar-refractivity contribution < 1.29 is 19.6 Å². The predicted molar refractivity (Wildman–Crippen MR) is 85.5 cm³/mol. The number of fused-ring (bicyclic) bond motifs is 1. The van der Waals surface area contributed by atoms with E-state index in [1.807, 2.05) is 18.7 Å². The quantitative estimate of drug-likeness (QED) is 0.727. The minimum atomic E-state index is -1.51. The molecule has 3 heterocycles. The lowest BCUT2D eigenvalue weighted by Crippen LogP contribution is -2.46. The highest BCUT2D eigenvalue weighted by molar-refractivity contribution is 7.22. The molecule has 0 unspecified atom stereocenters. The minimum Gasteiger partial charge on any atom is -0.423 e. The highest BCUT2D eigenvalue weighted by atomic mass is 32.1. The SMILES string of the molecule is CC1(C)c2sc(B(O)O)cc2C(=O)N1CCN1CCOCC1. The summed E-state index contributed by atoms with van der Waals surface area (Å²) in [5, 5.41) is 18.6. The molecule has 0 bridgehead atoms. The molecule has 1 aromatic rings. The molecule has 2 N–H and O–H groups in total. The first-order valence-electron chi connectivity index (χ1n) is 7.53. The van der Waals surface area contributed by atoms with Crippen LogP contribution in [0.4, 0.5) is 0 Å². The molecular formula is C14H21BN2O4S. The van der Waals surface area contributed by atoms with Crippen molar-refractivity contribution in [3.63, 3.8) is 0 Å². The topological polar surface area (TPSA) is 73.2 Å². The van der Waals surface area contributed by atoms with Crippen LogP contribution in [0.15, 0.2) is 6.07 Å². The molecule has 22 heavy (non-hydrogen) atoms. The predicted octanol–water partition coefficient (Wildman–Crippen LogP) is -0.549. The van der Waals surface area contributed by atoms with Crippen LogP contribution in [0, 0.1) is 0 Å². The van der Waals surface area contributed by atoms with Gasteiger partial charge in [0.15, 0.2) is 0 Å². The highest BCUT2D eigenvalue weighted by Gasteiger charge is 2.45. The summed E-state index contributed by atoms with van der Waals surface area (Å²) in [6.07, 6.45) is 0. The third-order valence-electron chi connectivity index (χ3n) is 4.46. The van der Waals surface area contributed by atoms with Gasteiger partial charge in [-0.15, -0.1) is 11.3 Å². The van der Waals surface area contributed by atoms with Crippen LogP contribution in [0.2, 0.25) is 0 Å². The number of hydrogen-bond acceptors (Lipinski definition) is 6. The standard InChI is InChI=1S/C14H21BN2O4S/c1-14(2)12-10(9-11(22-12)15(19)20)13(18)17(14)4-3-16-5-7-21-8-6-16/h9,19-20H,3-8H2,1-2H3. The first-order valence-corrected chi connectivity index (χ1v) is 8.35. The highest BCUT2D eigenvalue weighted by Crippen LogP contribution is 2.41. The maximum absolute atomic E-state index is 12.6. The fourth-order valence-electron chi connectivity index (χ4n) is 3.12. The first kappa shape index (κ1) is 16.0. The van der Waals surface area contributed by atoms with Gasteiger partial charge in [0.25, 0.3) is 5.91 Å². The van der Waals surface area contributed by atoms with Crippen molar-refractivity contribution in [2.75, 3.05) is 39.4 Å². The van der Waals surface area contributed by atoms with Gasteiger partial charge in [-0.05, 0) is 19.9 Å². The second kappa shape index (κ2) is 5.94. The molecule has 0 atom stereocenters. The van der Waals surface area contributed by atoms with Gasteiger partial charge < -0.3 is 19.7 Å². The fraction of sp³-hybridized carbons (Fsp3) is 0.643. The molecule has 0 saturated carbocycles. The monoisotopic (exact) mass is 324 g/mol. The van der Waals surface area contributed by atoms with Gasteiger partial charge in [-0.3, -0.25) is 9.69 Å². The van der Waals surface area contributed by atoms with E-state index < -0.39 is 12.7 Å². The third kappa shape index (κ3) is 2.70. The zero-order valence-corrected chi connectivity index (χ0v) is 13.7. The Bertz CT molecular complexity index is 569. The molecule has 3 rings (SSSR count). The number of ether oxygens (including phenoxy) is 1. The van der Waals surface area contributed by atoms with Crippen LogP contribution in [0.5, 0.6) is 0 Å². The van der Waals surface area contributed by atoms with Crippen LogP contribution in [0.25, 0.3) is 0 Å². The van der Waals surface area contributed by atoms with Crippen molar-refractivity contribution in [2.45, 2.75) is 19.4 Å². The zero-order chi connectivity index (χ0) is 15.9. The Morgan fingerprint density at radius 3 is 2.59 bits per heavy atom. The molecule has 2 aliphatic heterocycles. The van der Waals surface area contributed by atoms with Gasteiger partial charge >= 0.3 is 7.12 Å². The Kier molecular flexibility index (Phi) is 4.30. The van der Waals surface area contributed by atoms with Gasteiger partial charge in [-0.2, -0.15) is 0 Å². The Balaban J connectivity index is 1.73. The summed E-state index contributed by atoms with van der Waals surface area (Å²) in [7, 11) is -1.51. The van der Waals surface area contributed by atoms with Crippen molar-refractivity contribution >= 4 is 29.1 Å². The second-order valence-electron chi connectivity index (χ2n) is 6.24. The summed E-state index contributed by atoms with van der Waals surface area (Å²) in [6.45, 7) is 8.86. The van der Waals surface area contributed by atoms with Crippen LogP contribution in [0.1, 0.15) is 29.1 Å². The van der Waals surface area contributed by atoms with E-state index in [9.17, 15) is 14.8 Å². The molecule has 0 spiro atoms. The molecule has 0 aliphatic carbocycles. The number of carbonyl (C=O) groups excluding carboxylic acids is 1. The van der Waals surface area contributed by atoms with Gasteiger partial charge in [0.1, 0.15) is 0 Å². The van der Waals surface area contributed by atoms with E-state index in [2.05, 4.69) is 4.90 Å². The lowest BCUT2D eigenvalue weighted by molar-refractivity contribution is 0.0263. The van der Waals surface area contributed by atoms with Crippen molar-refractivity contribution in [1.82, 2.24) is 9.80 Å². The molecule has 1 saturated heterocycles. The molecule has 6 nitrogen and oxygen atoms in total. The maximum atomic E-state index is 12.6. The number of amides is 1. The summed E-state index contributed by atoms with van der Waals surface area (Å²) in [5.41, 5.74) is 0.205. The number of carbonyl (C=O) groups is 1. The maximum Gasteiger partial charge on any atom is 0.499 e. The average molecular weight is 324 g/mol. The number of nitrogens with zero attached hydrogens (tertiary/aromatic N) is 2. The van der Waals surface area contributed by atoms with Crippen molar-refractivity contribution in [2.24, 2.45) is 0 Å². The smallest absolute Gasteiger partial charge is 0.423 e. The number of thiophene rings is 1. The molecule has 1 fully saturated rings. The number of rotatable bonds is 4. The van der Waals surface area contributed by atoms with Crippen molar-refractivity contribution in [1.29, 1.82) is 0 Å².